The quantitative estimate of drug-likeness (QED) is 0.791. The highest BCUT2D eigenvalue weighted by Gasteiger charge is 2.09. The van der Waals surface area contributed by atoms with Crippen LogP contribution < -0.4 is 5.32 Å². The summed E-state index contributed by atoms with van der Waals surface area (Å²) in [5, 5.41) is 4.39. The Morgan fingerprint density at radius 3 is 2.76 bits per heavy atom. The maximum atomic E-state index is 4.68. The highest BCUT2D eigenvalue weighted by atomic mass is 15.0. The van der Waals surface area contributed by atoms with E-state index in [0.717, 1.165) is 46.8 Å². The minimum Gasteiger partial charge on any atom is -0.370 e. The largest absolute Gasteiger partial charge is 0.370 e. The first-order valence-electron chi connectivity index (χ1n) is 7.27. The average molecular weight is 278 g/mol. The highest BCUT2D eigenvalue weighted by Crippen LogP contribution is 2.27. The molecule has 3 rings (SSSR count). The van der Waals surface area contributed by atoms with Crippen LogP contribution in [0.3, 0.4) is 0 Å². The van der Waals surface area contributed by atoms with Crippen molar-refractivity contribution in [1.29, 1.82) is 0 Å². The molecule has 0 unspecified atom stereocenters. The van der Waals surface area contributed by atoms with Crippen LogP contribution >= 0.6 is 0 Å². The van der Waals surface area contributed by atoms with Gasteiger partial charge in [0.05, 0.1) is 11.2 Å². The zero-order valence-corrected chi connectivity index (χ0v) is 12.3. The van der Waals surface area contributed by atoms with E-state index in [4.69, 9.17) is 0 Å². The number of pyridine rings is 1. The normalized spacial score (nSPS) is 10.8. The molecule has 0 fully saturated rings. The smallest absolute Gasteiger partial charge is 0.131 e. The Balaban J connectivity index is 2.20. The monoisotopic (exact) mass is 278 g/mol. The van der Waals surface area contributed by atoms with Gasteiger partial charge in [-0.25, -0.2) is 9.97 Å². The molecule has 0 saturated heterocycles. The minimum absolute atomic E-state index is 0.815. The summed E-state index contributed by atoms with van der Waals surface area (Å²) in [6, 6.07) is 12.2. The molecule has 1 N–H and O–H groups in total. The Labute approximate surface area is 124 Å². The van der Waals surface area contributed by atoms with E-state index >= 15 is 0 Å². The molecule has 0 amide bonds. The lowest BCUT2D eigenvalue weighted by atomic mass is 10.1. The SMILES string of the molecule is CCNc1cc(-c2cccc3ncccc23)nc(CC)n1. The third-order valence-electron chi connectivity index (χ3n) is 3.37. The van der Waals surface area contributed by atoms with Crippen molar-refractivity contribution in [1.82, 2.24) is 15.0 Å². The van der Waals surface area contributed by atoms with Crippen molar-refractivity contribution in [3.63, 3.8) is 0 Å². The molecule has 106 valence electrons. The van der Waals surface area contributed by atoms with Gasteiger partial charge in [0.15, 0.2) is 0 Å². The Hall–Kier alpha value is -2.49. The van der Waals surface area contributed by atoms with Gasteiger partial charge in [0.1, 0.15) is 11.6 Å². The van der Waals surface area contributed by atoms with Crippen LogP contribution in [0.15, 0.2) is 42.6 Å². The topological polar surface area (TPSA) is 50.7 Å². The molecule has 4 heteroatoms. The maximum absolute atomic E-state index is 4.68. The molecule has 0 saturated carbocycles. The summed E-state index contributed by atoms with van der Waals surface area (Å²) in [4.78, 5) is 13.6. The molecule has 0 bridgehead atoms. The van der Waals surface area contributed by atoms with Gasteiger partial charge < -0.3 is 5.32 Å². The van der Waals surface area contributed by atoms with E-state index in [0.29, 0.717) is 0 Å². The van der Waals surface area contributed by atoms with E-state index in [1.165, 1.54) is 0 Å². The number of nitrogens with one attached hydrogen (secondary N) is 1. The van der Waals surface area contributed by atoms with Gasteiger partial charge in [0, 0.05) is 36.2 Å². The summed E-state index contributed by atoms with van der Waals surface area (Å²) in [5.74, 6) is 1.73. The number of aryl methyl sites for hydroxylation is 1. The van der Waals surface area contributed by atoms with Crippen molar-refractivity contribution in [2.75, 3.05) is 11.9 Å². The van der Waals surface area contributed by atoms with Crippen LogP contribution in [0, 0.1) is 0 Å². The average Bonchev–Trinajstić information content (AvgIpc) is 2.54. The molecule has 0 aliphatic rings. The predicted molar refractivity (Wildman–Crippen MR) is 86.3 cm³/mol. The Bertz CT molecular complexity index is 762. The van der Waals surface area contributed by atoms with Gasteiger partial charge in [0.2, 0.25) is 0 Å². The highest BCUT2D eigenvalue weighted by molar-refractivity contribution is 5.93. The summed E-state index contributed by atoms with van der Waals surface area (Å²) in [7, 11) is 0. The van der Waals surface area contributed by atoms with Crippen molar-refractivity contribution in [2.24, 2.45) is 0 Å². The fourth-order valence-electron chi connectivity index (χ4n) is 2.39. The van der Waals surface area contributed by atoms with E-state index in [-0.39, 0.29) is 0 Å². The van der Waals surface area contributed by atoms with E-state index in [9.17, 15) is 0 Å². The van der Waals surface area contributed by atoms with Crippen LogP contribution in [0.25, 0.3) is 22.2 Å². The Kier molecular flexibility index (Phi) is 3.77. The summed E-state index contributed by atoms with van der Waals surface area (Å²) in [6.07, 6.45) is 2.63. The third kappa shape index (κ3) is 2.70. The second-order valence-corrected chi connectivity index (χ2v) is 4.81. The lowest BCUT2D eigenvalue weighted by molar-refractivity contribution is 0.940. The molecule has 0 atom stereocenters. The molecule has 0 aliphatic heterocycles. The fraction of sp³-hybridized carbons (Fsp3) is 0.235. The number of aromatic nitrogens is 3. The van der Waals surface area contributed by atoms with Gasteiger partial charge in [-0.1, -0.05) is 25.1 Å². The zero-order chi connectivity index (χ0) is 14.7. The second-order valence-electron chi connectivity index (χ2n) is 4.81. The molecular weight excluding hydrogens is 260 g/mol. The molecular formula is C17H18N4. The van der Waals surface area contributed by atoms with Gasteiger partial charge in [-0.2, -0.15) is 0 Å². The van der Waals surface area contributed by atoms with Crippen molar-refractivity contribution in [3.05, 3.63) is 48.4 Å². The lowest BCUT2D eigenvalue weighted by Crippen LogP contribution is -2.04. The summed E-state index contributed by atoms with van der Waals surface area (Å²) in [6.45, 7) is 4.98. The summed E-state index contributed by atoms with van der Waals surface area (Å²) in [5.41, 5.74) is 3.02. The van der Waals surface area contributed by atoms with Crippen molar-refractivity contribution in [3.8, 4) is 11.3 Å². The molecule has 2 heterocycles. The van der Waals surface area contributed by atoms with Gasteiger partial charge >= 0.3 is 0 Å². The fourth-order valence-corrected chi connectivity index (χ4v) is 2.39. The molecule has 0 aliphatic carbocycles. The van der Waals surface area contributed by atoms with Gasteiger partial charge in [0.25, 0.3) is 0 Å². The molecule has 4 nitrogen and oxygen atoms in total. The van der Waals surface area contributed by atoms with Gasteiger partial charge in [-0.15, -0.1) is 0 Å². The van der Waals surface area contributed by atoms with Crippen LogP contribution in [0.1, 0.15) is 19.7 Å². The molecule has 1 aromatic carbocycles. The number of hydrogen-bond donors (Lipinski definition) is 1. The Morgan fingerprint density at radius 1 is 1.05 bits per heavy atom. The van der Waals surface area contributed by atoms with Crippen LogP contribution in [-0.2, 0) is 6.42 Å². The van der Waals surface area contributed by atoms with Gasteiger partial charge in [-0.05, 0) is 19.1 Å². The van der Waals surface area contributed by atoms with Crippen molar-refractivity contribution >= 4 is 16.7 Å². The van der Waals surface area contributed by atoms with E-state index in [1.807, 2.05) is 30.5 Å². The number of rotatable bonds is 4. The molecule has 0 spiro atoms. The van der Waals surface area contributed by atoms with Crippen LogP contribution in [-0.4, -0.2) is 21.5 Å². The molecule has 0 radical (unpaired) electrons. The number of anilines is 1. The van der Waals surface area contributed by atoms with Crippen molar-refractivity contribution in [2.45, 2.75) is 20.3 Å². The first-order chi connectivity index (χ1) is 10.3. The van der Waals surface area contributed by atoms with Gasteiger partial charge in [-0.3, -0.25) is 4.98 Å². The van der Waals surface area contributed by atoms with E-state index < -0.39 is 0 Å². The standard InChI is InChI=1S/C17H18N4/c1-3-16-20-15(11-17(21-16)18-4-2)13-7-5-9-14-12(13)8-6-10-19-14/h5-11H,3-4H2,1-2H3,(H,18,20,21). The van der Waals surface area contributed by atoms with E-state index in [1.54, 1.807) is 0 Å². The number of hydrogen-bond acceptors (Lipinski definition) is 4. The minimum atomic E-state index is 0.815. The first-order valence-corrected chi connectivity index (χ1v) is 7.27. The predicted octanol–water partition coefficient (Wildman–Crippen LogP) is 3.69. The molecule has 3 aromatic rings. The van der Waals surface area contributed by atoms with Crippen LogP contribution in [0.4, 0.5) is 5.82 Å². The molecule has 2 aromatic heterocycles. The summed E-state index contributed by atoms with van der Waals surface area (Å²) < 4.78 is 0. The number of benzene rings is 1. The van der Waals surface area contributed by atoms with Crippen LogP contribution in [0.5, 0.6) is 0 Å². The second kappa shape index (κ2) is 5.87. The first kappa shape index (κ1) is 13.5. The number of nitrogens with zero attached hydrogens (tertiary/aromatic N) is 3. The summed E-state index contributed by atoms with van der Waals surface area (Å²) >= 11 is 0. The Morgan fingerprint density at radius 2 is 1.95 bits per heavy atom. The van der Waals surface area contributed by atoms with Crippen molar-refractivity contribution < 1.29 is 0 Å². The zero-order valence-electron chi connectivity index (χ0n) is 12.3. The van der Waals surface area contributed by atoms with Crippen LogP contribution in [0.2, 0.25) is 0 Å². The van der Waals surface area contributed by atoms with E-state index in [2.05, 4.69) is 46.2 Å². The maximum Gasteiger partial charge on any atom is 0.131 e. The number of fused-ring (bicyclic) bond motifs is 1. The lowest BCUT2D eigenvalue weighted by Gasteiger charge is -2.10. The molecule has 21 heavy (non-hydrogen) atoms. The third-order valence-corrected chi connectivity index (χ3v) is 3.37.